The molecule has 1 fully saturated rings. The number of amides is 2. The van der Waals surface area contributed by atoms with Crippen LogP contribution in [0, 0.1) is 12.7 Å². The second-order valence-electron chi connectivity index (χ2n) is 5.60. The highest BCUT2D eigenvalue weighted by Gasteiger charge is 2.32. The SMILES string of the molecule is CC(=NO)c1cc(N2CCN(c3cnccc3C)C2=O)ccc1F. The van der Waals surface area contributed by atoms with Gasteiger partial charge in [-0.25, -0.2) is 9.18 Å². The first kappa shape index (κ1) is 15.9. The van der Waals surface area contributed by atoms with Gasteiger partial charge in [0.25, 0.3) is 0 Å². The lowest BCUT2D eigenvalue weighted by atomic mass is 10.1. The number of aryl methyl sites for hydroxylation is 1. The van der Waals surface area contributed by atoms with Crippen LogP contribution in [-0.4, -0.2) is 35.0 Å². The van der Waals surface area contributed by atoms with Crippen molar-refractivity contribution >= 4 is 23.1 Å². The van der Waals surface area contributed by atoms with Crippen molar-refractivity contribution in [3.05, 3.63) is 53.6 Å². The van der Waals surface area contributed by atoms with Gasteiger partial charge in [-0.3, -0.25) is 14.8 Å². The lowest BCUT2D eigenvalue weighted by Gasteiger charge is -2.20. The summed E-state index contributed by atoms with van der Waals surface area (Å²) < 4.78 is 13.9. The molecule has 3 rings (SSSR count). The molecule has 2 heterocycles. The highest BCUT2D eigenvalue weighted by Crippen LogP contribution is 2.28. The molecule has 124 valence electrons. The van der Waals surface area contributed by atoms with E-state index in [1.807, 2.05) is 13.0 Å². The molecule has 2 amide bonds. The van der Waals surface area contributed by atoms with Gasteiger partial charge in [0.05, 0.1) is 17.6 Å². The van der Waals surface area contributed by atoms with Crippen molar-refractivity contribution < 1.29 is 14.4 Å². The van der Waals surface area contributed by atoms with Crippen LogP contribution in [0.1, 0.15) is 18.1 Å². The summed E-state index contributed by atoms with van der Waals surface area (Å²) in [6.45, 7) is 4.42. The van der Waals surface area contributed by atoms with Crippen molar-refractivity contribution in [3.63, 3.8) is 0 Å². The minimum Gasteiger partial charge on any atom is -0.411 e. The average Bonchev–Trinajstić information content (AvgIpc) is 2.96. The number of pyridine rings is 1. The molecule has 0 bridgehead atoms. The number of nitrogens with zero attached hydrogens (tertiary/aromatic N) is 4. The summed E-state index contributed by atoms with van der Waals surface area (Å²) >= 11 is 0. The van der Waals surface area contributed by atoms with E-state index in [0.717, 1.165) is 11.3 Å². The molecule has 0 unspecified atom stereocenters. The number of benzene rings is 1. The minimum absolute atomic E-state index is 0.154. The lowest BCUT2D eigenvalue weighted by molar-refractivity contribution is 0.256. The predicted molar refractivity (Wildman–Crippen MR) is 89.5 cm³/mol. The van der Waals surface area contributed by atoms with Crippen LogP contribution in [0.3, 0.4) is 0 Å². The number of oxime groups is 1. The maximum atomic E-state index is 13.9. The molecular formula is C17H17FN4O2. The predicted octanol–water partition coefficient (Wildman–Crippen LogP) is 3.17. The molecule has 1 aliphatic heterocycles. The van der Waals surface area contributed by atoms with Gasteiger partial charge in [0.15, 0.2) is 0 Å². The van der Waals surface area contributed by atoms with Crippen molar-refractivity contribution in [2.45, 2.75) is 13.8 Å². The van der Waals surface area contributed by atoms with Crippen molar-refractivity contribution in [1.82, 2.24) is 4.98 Å². The third kappa shape index (κ3) is 2.68. The largest absolute Gasteiger partial charge is 0.411 e. The van der Waals surface area contributed by atoms with Crippen molar-refractivity contribution in [2.75, 3.05) is 22.9 Å². The Balaban J connectivity index is 1.93. The molecule has 0 saturated carbocycles. The highest BCUT2D eigenvalue weighted by molar-refractivity contribution is 6.07. The molecule has 0 atom stereocenters. The summed E-state index contributed by atoms with van der Waals surface area (Å²) in [6.07, 6.45) is 3.34. The molecule has 1 aliphatic rings. The maximum absolute atomic E-state index is 13.9. The topological polar surface area (TPSA) is 69.0 Å². The number of aromatic nitrogens is 1. The number of rotatable bonds is 3. The fourth-order valence-corrected chi connectivity index (χ4v) is 2.75. The van der Waals surface area contributed by atoms with Crippen molar-refractivity contribution in [3.8, 4) is 0 Å². The molecule has 1 aromatic heterocycles. The molecular weight excluding hydrogens is 311 g/mol. The van der Waals surface area contributed by atoms with Gasteiger partial charge < -0.3 is 5.21 Å². The van der Waals surface area contributed by atoms with Crippen LogP contribution in [0.5, 0.6) is 0 Å². The zero-order valence-corrected chi connectivity index (χ0v) is 13.4. The van der Waals surface area contributed by atoms with Crippen LogP contribution >= 0.6 is 0 Å². The highest BCUT2D eigenvalue weighted by atomic mass is 19.1. The van der Waals surface area contributed by atoms with Crippen LogP contribution in [0.15, 0.2) is 41.8 Å². The quantitative estimate of drug-likeness (QED) is 0.534. The Kier molecular flexibility index (Phi) is 4.16. The van der Waals surface area contributed by atoms with Gasteiger partial charge in [-0.15, -0.1) is 0 Å². The van der Waals surface area contributed by atoms with Crippen LogP contribution in [0.25, 0.3) is 0 Å². The minimum atomic E-state index is -0.499. The molecule has 7 heteroatoms. The number of halogens is 1. The molecule has 1 aromatic carbocycles. The molecule has 1 N–H and O–H groups in total. The fourth-order valence-electron chi connectivity index (χ4n) is 2.75. The average molecular weight is 328 g/mol. The number of carbonyl (C=O) groups excluding carboxylic acids is 1. The second-order valence-corrected chi connectivity index (χ2v) is 5.60. The molecule has 0 spiro atoms. The molecule has 1 saturated heterocycles. The lowest BCUT2D eigenvalue weighted by Crippen LogP contribution is -2.32. The molecule has 6 nitrogen and oxygen atoms in total. The van der Waals surface area contributed by atoms with Gasteiger partial charge in [-0.2, -0.15) is 0 Å². The van der Waals surface area contributed by atoms with Gasteiger partial charge in [-0.1, -0.05) is 5.16 Å². The first-order valence-corrected chi connectivity index (χ1v) is 7.51. The number of carbonyl (C=O) groups is 1. The number of hydrogen-bond acceptors (Lipinski definition) is 4. The third-order valence-corrected chi connectivity index (χ3v) is 4.11. The van der Waals surface area contributed by atoms with Crippen LogP contribution in [-0.2, 0) is 0 Å². The van der Waals surface area contributed by atoms with Crippen LogP contribution in [0.2, 0.25) is 0 Å². The van der Waals surface area contributed by atoms with E-state index >= 15 is 0 Å². The van der Waals surface area contributed by atoms with E-state index in [1.165, 1.54) is 19.1 Å². The van der Waals surface area contributed by atoms with E-state index in [2.05, 4.69) is 10.1 Å². The summed E-state index contributed by atoms with van der Waals surface area (Å²) in [5, 5.41) is 11.9. The van der Waals surface area contributed by atoms with E-state index in [4.69, 9.17) is 5.21 Å². The maximum Gasteiger partial charge on any atom is 0.329 e. The standard InChI is InChI=1S/C17H17FN4O2/c1-11-5-6-19-10-16(11)22-8-7-21(17(22)23)13-3-4-15(18)14(9-13)12(2)20-24/h3-6,9-10,24H,7-8H2,1-2H3. The van der Waals surface area contributed by atoms with Gasteiger partial charge in [0.1, 0.15) is 5.82 Å². The number of hydrogen-bond donors (Lipinski definition) is 1. The zero-order valence-electron chi connectivity index (χ0n) is 13.4. The van der Waals surface area contributed by atoms with Crippen molar-refractivity contribution in [2.24, 2.45) is 5.16 Å². The summed E-state index contributed by atoms with van der Waals surface area (Å²) in [5.41, 5.74) is 2.60. The first-order chi connectivity index (χ1) is 11.5. The normalized spacial score (nSPS) is 15.3. The Labute approximate surface area is 138 Å². The third-order valence-electron chi connectivity index (χ3n) is 4.11. The molecule has 0 aliphatic carbocycles. The number of urea groups is 1. The monoisotopic (exact) mass is 328 g/mol. The van der Waals surface area contributed by atoms with E-state index < -0.39 is 5.82 Å². The number of anilines is 2. The van der Waals surface area contributed by atoms with E-state index in [1.54, 1.807) is 28.3 Å². The molecule has 24 heavy (non-hydrogen) atoms. The Hall–Kier alpha value is -2.96. The summed E-state index contributed by atoms with van der Waals surface area (Å²) in [4.78, 5) is 20.0. The van der Waals surface area contributed by atoms with Gasteiger partial charge in [0.2, 0.25) is 0 Å². The van der Waals surface area contributed by atoms with E-state index in [-0.39, 0.29) is 17.3 Å². The van der Waals surface area contributed by atoms with Crippen LogP contribution < -0.4 is 9.80 Å². The Morgan fingerprint density at radius 3 is 2.75 bits per heavy atom. The molecule has 2 aromatic rings. The van der Waals surface area contributed by atoms with Crippen LogP contribution in [0.4, 0.5) is 20.6 Å². The Morgan fingerprint density at radius 2 is 2.04 bits per heavy atom. The summed E-state index contributed by atoms with van der Waals surface area (Å²) in [6, 6.07) is 5.98. The second kappa shape index (κ2) is 6.27. The Morgan fingerprint density at radius 1 is 1.29 bits per heavy atom. The smallest absolute Gasteiger partial charge is 0.329 e. The fraction of sp³-hybridized carbons (Fsp3) is 0.235. The zero-order chi connectivity index (χ0) is 17.3. The first-order valence-electron chi connectivity index (χ1n) is 7.51. The van der Waals surface area contributed by atoms with E-state index in [0.29, 0.717) is 18.8 Å². The van der Waals surface area contributed by atoms with Crippen molar-refractivity contribution in [1.29, 1.82) is 0 Å². The van der Waals surface area contributed by atoms with Gasteiger partial charge >= 0.3 is 6.03 Å². The Bertz CT molecular complexity index is 822. The van der Waals surface area contributed by atoms with Gasteiger partial charge in [-0.05, 0) is 43.7 Å². The van der Waals surface area contributed by atoms with Gasteiger partial charge in [0, 0.05) is 30.5 Å². The van der Waals surface area contributed by atoms with E-state index in [9.17, 15) is 9.18 Å². The summed E-state index contributed by atoms with van der Waals surface area (Å²) in [5.74, 6) is -0.499. The summed E-state index contributed by atoms with van der Waals surface area (Å²) in [7, 11) is 0. The molecule has 0 radical (unpaired) electrons.